The highest BCUT2D eigenvalue weighted by atomic mass is 79.9. The smallest absolute Gasteiger partial charge is 0.261 e. The highest BCUT2D eigenvalue weighted by Crippen LogP contribution is 2.21. The van der Waals surface area contributed by atoms with Crippen LogP contribution in [0.15, 0.2) is 10.7 Å². The normalized spacial score (nSPS) is 10.6. The third kappa shape index (κ3) is 5.22. The number of ether oxygens (including phenoxy) is 2. The minimum atomic E-state index is -2.45. The second-order valence-corrected chi connectivity index (χ2v) is 3.80. The van der Waals surface area contributed by atoms with Crippen molar-refractivity contribution in [2.75, 3.05) is 32.2 Å². The molecule has 5 nitrogen and oxygen atoms in total. The van der Waals surface area contributed by atoms with Crippen LogP contribution in [-0.4, -0.2) is 43.3 Å². The Kier molecular flexibility index (Phi) is 6.06. The van der Waals surface area contributed by atoms with Gasteiger partial charge in [-0.2, -0.15) is 4.98 Å². The zero-order valence-electron chi connectivity index (χ0n) is 9.12. The summed E-state index contributed by atoms with van der Waals surface area (Å²) in [4.78, 5) is 8.00. The number of hydrogen-bond acceptors (Lipinski definition) is 5. The van der Waals surface area contributed by atoms with E-state index in [1.807, 2.05) is 0 Å². The van der Waals surface area contributed by atoms with Gasteiger partial charge in [-0.1, -0.05) is 0 Å². The summed E-state index contributed by atoms with van der Waals surface area (Å²) in [6.07, 6.45) is -0.909. The number of nitrogens with one attached hydrogen (secondary N) is 1. The van der Waals surface area contributed by atoms with Gasteiger partial charge in [0, 0.05) is 6.54 Å². The zero-order valence-corrected chi connectivity index (χ0v) is 10.7. The molecule has 0 aliphatic carbocycles. The molecule has 0 saturated carbocycles. The molecule has 17 heavy (non-hydrogen) atoms. The van der Waals surface area contributed by atoms with Crippen LogP contribution < -0.4 is 10.1 Å². The number of aromatic nitrogens is 2. The maximum absolute atomic E-state index is 11.7. The number of hydrogen-bond donors (Lipinski definition) is 1. The Bertz CT molecular complexity index is 355. The lowest BCUT2D eigenvalue weighted by Crippen LogP contribution is -2.14. The van der Waals surface area contributed by atoms with Gasteiger partial charge >= 0.3 is 0 Å². The van der Waals surface area contributed by atoms with Crippen molar-refractivity contribution >= 4 is 21.9 Å². The molecule has 0 saturated heterocycles. The average Bonchev–Trinajstić information content (AvgIpc) is 2.30. The predicted octanol–water partition coefficient (Wildman–Crippen LogP) is 1.94. The first kappa shape index (κ1) is 14.0. The van der Waals surface area contributed by atoms with Crippen molar-refractivity contribution in [3.8, 4) is 5.88 Å². The monoisotopic (exact) mass is 311 g/mol. The molecule has 0 aromatic carbocycles. The van der Waals surface area contributed by atoms with Crippen molar-refractivity contribution in [3.05, 3.63) is 10.7 Å². The molecular formula is C9H12BrF2N3O2. The molecule has 0 amide bonds. The third-order valence-corrected chi connectivity index (χ3v) is 2.22. The number of halogens is 3. The molecule has 0 unspecified atom stereocenters. The predicted molar refractivity (Wildman–Crippen MR) is 61.6 cm³/mol. The summed E-state index contributed by atoms with van der Waals surface area (Å²) in [5.41, 5.74) is 0. The Morgan fingerprint density at radius 3 is 2.94 bits per heavy atom. The van der Waals surface area contributed by atoms with E-state index in [-0.39, 0.29) is 6.61 Å². The van der Waals surface area contributed by atoms with Gasteiger partial charge in [-0.05, 0) is 15.9 Å². The van der Waals surface area contributed by atoms with Crippen LogP contribution in [0.4, 0.5) is 14.7 Å². The molecule has 0 spiro atoms. The highest BCUT2D eigenvalue weighted by molar-refractivity contribution is 9.10. The molecule has 1 aromatic heterocycles. The van der Waals surface area contributed by atoms with Gasteiger partial charge in [0.25, 0.3) is 6.43 Å². The largest absolute Gasteiger partial charge is 0.480 e. The minimum absolute atomic E-state index is 0.159. The lowest BCUT2D eigenvalue weighted by Gasteiger charge is -2.07. The second-order valence-electron chi connectivity index (χ2n) is 2.94. The van der Waals surface area contributed by atoms with E-state index >= 15 is 0 Å². The fourth-order valence-corrected chi connectivity index (χ4v) is 1.34. The molecule has 0 bridgehead atoms. The van der Waals surface area contributed by atoms with Gasteiger partial charge in [-0.25, -0.2) is 13.8 Å². The van der Waals surface area contributed by atoms with E-state index in [0.717, 1.165) is 0 Å². The Morgan fingerprint density at radius 2 is 2.29 bits per heavy atom. The van der Waals surface area contributed by atoms with E-state index in [2.05, 4.69) is 36.0 Å². The van der Waals surface area contributed by atoms with Crippen molar-refractivity contribution < 1.29 is 18.3 Å². The van der Waals surface area contributed by atoms with E-state index in [1.165, 1.54) is 13.3 Å². The number of alkyl halides is 2. The van der Waals surface area contributed by atoms with E-state index in [0.29, 0.717) is 22.8 Å². The van der Waals surface area contributed by atoms with Crippen LogP contribution in [0.25, 0.3) is 0 Å². The molecule has 96 valence electrons. The summed E-state index contributed by atoms with van der Waals surface area (Å²) >= 11 is 3.21. The topological polar surface area (TPSA) is 56.3 Å². The molecular weight excluding hydrogens is 300 g/mol. The maximum Gasteiger partial charge on any atom is 0.261 e. The lowest BCUT2D eigenvalue weighted by atomic mass is 10.6. The van der Waals surface area contributed by atoms with Gasteiger partial charge in [-0.15, -0.1) is 0 Å². The van der Waals surface area contributed by atoms with Crippen LogP contribution in [0, 0.1) is 0 Å². The first-order valence-corrected chi connectivity index (χ1v) is 5.59. The molecule has 0 fully saturated rings. The van der Waals surface area contributed by atoms with Gasteiger partial charge in [0.1, 0.15) is 6.61 Å². The summed E-state index contributed by atoms with van der Waals surface area (Å²) in [6, 6.07) is 0. The van der Waals surface area contributed by atoms with Gasteiger partial charge in [0.05, 0.1) is 24.4 Å². The third-order valence-electron chi connectivity index (χ3n) is 1.68. The van der Waals surface area contributed by atoms with Crippen molar-refractivity contribution in [3.63, 3.8) is 0 Å². The van der Waals surface area contributed by atoms with Crippen molar-refractivity contribution in [2.45, 2.75) is 6.43 Å². The van der Waals surface area contributed by atoms with E-state index in [9.17, 15) is 8.78 Å². The van der Waals surface area contributed by atoms with Gasteiger partial charge in [0.15, 0.2) is 0 Å². The number of anilines is 1. The molecule has 0 atom stereocenters. The van der Waals surface area contributed by atoms with Crippen molar-refractivity contribution in [1.29, 1.82) is 0 Å². The Balaban J connectivity index is 2.32. The summed E-state index contributed by atoms with van der Waals surface area (Å²) in [5, 5.41) is 2.83. The zero-order chi connectivity index (χ0) is 12.7. The molecule has 0 radical (unpaired) electrons. The number of nitrogens with zero attached hydrogens (tertiary/aromatic N) is 2. The lowest BCUT2D eigenvalue weighted by molar-refractivity contribution is 0.0214. The van der Waals surface area contributed by atoms with E-state index in [4.69, 9.17) is 4.74 Å². The van der Waals surface area contributed by atoms with Crippen molar-refractivity contribution in [2.24, 2.45) is 0 Å². The summed E-state index contributed by atoms with van der Waals surface area (Å²) in [7, 11) is 1.49. The second kappa shape index (κ2) is 7.33. The molecule has 0 aliphatic rings. The summed E-state index contributed by atoms with van der Waals surface area (Å²) in [5.74, 6) is 0.752. The van der Waals surface area contributed by atoms with E-state index < -0.39 is 13.0 Å². The van der Waals surface area contributed by atoms with Crippen LogP contribution in [-0.2, 0) is 4.74 Å². The first-order valence-electron chi connectivity index (χ1n) is 4.79. The van der Waals surface area contributed by atoms with E-state index in [1.54, 1.807) is 0 Å². The molecule has 1 N–H and O–H groups in total. The summed E-state index contributed by atoms with van der Waals surface area (Å²) in [6.45, 7) is -0.0597. The van der Waals surface area contributed by atoms with Gasteiger partial charge in [-0.3, -0.25) is 0 Å². The molecule has 1 heterocycles. The Morgan fingerprint density at radius 1 is 1.53 bits per heavy atom. The summed E-state index contributed by atoms with van der Waals surface area (Å²) < 4.78 is 33.8. The maximum atomic E-state index is 11.7. The average molecular weight is 312 g/mol. The fourth-order valence-electron chi connectivity index (χ4n) is 0.987. The number of rotatable bonds is 7. The molecule has 1 rings (SSSR count). The van der Waals surface area contributed by atoms with Gasteiger partial charge < -0.3 is 14.8 Å². The van der Waals surface area contributed by atoms with Crippen molar-refractivity contribution in [1.82, 2.24) is 9.97 Å². The standard InChI is InChI=1S/C9H12BrF2N3O2/c1-16-8-6(10)4-14-9(15-8)13-2-3-17-5-7(11)12/h4,7H,2-3,5H2,1H3,(H,13,14,15). The van der Waals surface area contributed by atoms with Crippen LogP contribution in [0.2, 0.25) is 0 Å². The molecule has 1 aromatic rings. The SMILES string of the molecule is COc1nc(NCCOCC(F)F)ncc1Br. The van der Waals surface area contributed by atoms with Crippen LogP contribution in [0.1, 0.15) is 0 Å². The molecule has 8 heteroatoms. The van der Waals surface area contributed by atoms with Gasteiger partial charge in [0.2, 0.25) is 11.8 Å². The minimum Gasteiger partial charge on any atom is -0.480 e. The Labute approximate surface area is 106 Å². The van der Waals surface area contributed by atoms with Crippen LogP contribution >= 0.6 is 15.9 Å². The fraction of sp³-hybridized carbons (Fsp3) is 0.556. The highest BCUT2D eigenvalue weighted by Gasteiger charge is 2.05. The number of methoxy groups -OCH3 is 1. The molecule has 0 aliphatic heterocycles. The van der Waals surface area contributed by atoms with Crippen LogP contribution in [0.5, 0.6) is 5.88 Å². The van der Waals surface area contributed by atoms with Crippen LogP contribution in [0.3, 0.4) is 0 Å². The first-order chi connectivity index (χ1) is 8.13. The Hall–Kier alpha value is -1.02. The quantitative estimate of drug-likeness (QED) is 0.780.